The van der Waals surface area contributed by atoms with Crippen molar-refractivity contribution in [2.24, 2.45) is 0 Å². The van der Waals surface area contributed by atoms with Gasteiger partial charge >= 0.3 is 0 Å². The third-order valence-corrected chi connectivity index (χ3v) is 2.59. The number of nitrogens with zero attached hydrogens (tertiary/aromatic N) is 3. The fourth-order valence-electron chi connectivity index (χ4n) is 1.26. The molecule has 0 fully saturated rings. The van der Waals surface area contributed by atoms with Crippen molar-refractivity contribution in [3.05, 3.63) is 40.9 Å². The summed E-state index contributed by atoms with van der Waals surface area (Å²) in [6.07, 6.45) is 0.365. The fraction of sp³-hybridized carbons (Fsp3) is 0.0909. The quantitative estimate of drug-likeness (QED) is 0.893. The molecule has 2 aromatic rings. The zero-order valence-corrected chi connectivity index (χ0v) is 9.57. The highest BCUT2D eigenvalue weighted by molar-refractivity contribution is 7.03. The van der Waals surface area contributed by atoms with Crippen molar-refractivity contribution in [2.45, 2.75) is 6.42 Å². The summed E-state index contributed by atoms with van der Waals surface area (Å²) in [5.41, 5.74) is 1.89. The van der Waals surface area contributed by atoms with Crippen LogP contribution < -0.4 is 5.32 Å². The van der Waals surface area contributed by atoms with Gasteiger partial charge in [-0.1, -0.05) is 16.6 Å². The van der Waals surface area contributed by atoms with Gasteiger partial charge in [0.2, 0.25) is 0 Å². The molecule has 0 aliphatic rings. The molecule has 1 heterocycles. The Labute approximate surface area is 102 Å². The second kappa shape index (κ2) is 5.18. The van der Waals surface area contributed by atoms with Crippen LogP contribution in [-0.2, 0) is 6.42 Å². The van der Waals surface area contributed by atoms with E-state index in [0.717, 1.165) is 17.1 Å². The van der Waals surface area contributed by atoms with Crippen molar-refractivity contribution in [1.82, 2.24) is 9.59 Å². The molecule has 84 valence electrons. The van der Waals surface area contributed by atoms with Crippen molar-refractivity contribution in [1.29, 1.82) is 5.26 Å². The van der Waals surface area contributed by atoms with E-state index >= 15 is 0 Å². The molecule has 17 heavy (non-hydrogen) atoms. The van der Waals surface area contributed by atoms with E-state index in [9.17, 15) is 4.79 Å². The van der Waals surface area contributed by atoms with Crippen LogP contribution in [0.2, 0.25) is 0 Å². The smallest absolute Gasteiger partial charge is 0.277 e. The number of anilines is 1. The Morgan fingerprint density at radius 3 is 2.76 bits per heavy atom. The third-order valence-electron chi connectivity index (χ3n) is 2.09. The van der Waals surface area contributed by atoms with Crippen LogP contribution in [0.5, 0.6) is 0 Å². The van der Waals surface area contributed by atoms with Crippen LogP contribution in [0, 0.1) is 11.3 Å². The Balaban J connectivity index is 2.05. The molecule has 1 aromatic carbocycles. The van der Waals surface area contributed by atoms with E-state index in [2.05, 4.69) is 21.0 Å². The number of nitriles is 1. The van der Waals surface area contributed by atoms with E-state index < -0.39 is 0 Å². The first-order valence-electron chi connectivity index (χ1n) is 4.84. The summed E-state index contributed by atoms with van der Waals surface area (Å²) in [5.74, 6) is -0.285. The number of rotatable bonds is 3. The minimum absolute atomic E-state index is 0.285. The minimum atomic E-state index is -0.285. The van der Waals surface area contributed by atoms with Gasteiger partial charge in [0, 0.05) is 11.1 Å². The van der Waals surface area contributed by atoms with E-state index in [1.807, 2.05) is 0 Å². The average Bonchev–Trinajstić information content (AvgIpc) is 2.86. The molecule has 1 aromatic heterocycles. The molecular weight excluding hydrogens is 236 g/mol. The Kier molecular flexibility index (Phi) is 3.43. The highest BCUT2D eigenvalue weighted by Gasteiger charge is 2.08. The van der Waals surface area contributed by atoms with Gasteiger partial charge in [0.1, 0.15) is 0 Å². The molecule has 0 bridgehead atoms. The normalized spacial score (nSPS) is 9.59. The molecule has 6 heteroatoms. The number of hydrogen-bond donors (Lipinski definition) is 1. The first kappa shape index (κ1) is 11.2. The van der Waals surface area contributed by atoms with Crippen LogP contribution in [0.3, 0.4) is 0 Å². The van der Waals surface area contributed by atoms with Crippen molar-refractivity contribution in [3.8, 4) is 6.07 Å². The van der Waals surface area contributed by atoms with E-state index in [4.69, 9.17) is 5.26 Å². The van der Waals surface area contributed by atoms with Crippen LogP contribution in [0.15, 0.2) is 29.6 Å². The first-order chi connectivity index (χ1) is 8.29. The van der Waals surface area contributed by atoms with Gasteiger partial charge in [-0.05, 0) is 29.2 Å². The van der Waals surface area contributed by atoms with Crippen molar-refractivity contribution >= 4 is 23.1 Å². The molecule has 0 aliphatic carbocycles. The average molecular weight is 244 g/mol. The summed E-state index contributed by atoms with van der Waals surface area (Å²) in [7, 11) is 0. The maximum absolute atomic E-state index is 11.6. The number of hydrogen-bond acceptors (Lipinski definition) is 5. The van der Waals surface area contributed by atoms with E-state index in [-0.39, 0.29) is 5.91 Å². The maximum Gasteiger partial charge on any atom is 0.277 e. The molecule has 0 spiro atoms. The van der Waals surface area contributed by atoms with Crippen molar-refractivity contribution < 1.29 is 4.79 Å². The fourth-order valence-corrected chi connectivity index (χ4v) is 1.69. The van der Waals surface area contributed by atoms with Crippen LogP contribution in [0.1, 0.15) is 16.1 Å². The molecule has 1 N–H and O–H groups in total. The lowest BCUT2D eigenvalue weighted by molar-refractivity contribution is 0.102. The van der Waals surface area contributed by atoms with Crippen LogP contribution in [0.4, 0.5) is 5.69 Å². The highest BCUT2D eigenvalue weighted by atomic mass is 32.1. The largest absolute Gasteiger partial charge is 0.321 e. The van der Waals surface area contributed by atoms with Gasteiger partial charge in [-0.3, -0.25) is 4.79 Å². The predicted molar refractivity (Wildman–Crippen MR) is 63.6 cm³/mol. The topological polar surface area (TPSA) is 78.7 Å². The van der Waals surface area contributed by atoms with Crippen molar-refractivity contribution in [2.75, 3.05) is 5.32 Å². The number of carbonyl (C=O) groups is 1. The second-order valence-electron chi connectivity index (χ2n) is 3.28. The summed E-state index contributed by atoms with van der Waals surface area (Å²) in [5, 5.41) is 16.5. The van der Waals surface area contributed by atoms with Gasteiger partial charge in [-0.15, -0.1) is 5.10 Å². The molecule has 0 aliphatic heterocycles. The number of nitrogens with one attached hydrogen (secondary N) is 1. The van der Waals surface area contributed by atoms with Gasteiger partial charge in [0.15, 0.2) is 5.69 Å². The molecule has 0 radical (unpaired) electrons. The molecule has 0 atom stereocenters. The molecular formula is C11H8N4OS. The van der Waals surface area contributed by atoms with Crippen LogP contribution in [-0.4, -0.2) is 15.5 Å². The molecule has 0 saturated heterocycles. The predicted octanol–water partition coefficient (Wildman–Crippen LogP) is 1.86. The van der Waals surface area contributed by atoms with E-state index in [0.29, 0.717) is 17.8 Å². The van der Waals surface area contributed by atoms with Gasteiger partial charge in [0.25, 0.3) is 5.91 Å². The van der Waals surface area contributed by atoms with E-state index in [1.54, 1.807) is 29.6 Å². The van der Waals surface area contributed by atoms with Gasteiger partial charge in [-0.25, -0.2) is 0 Å². The first-order valence-corrected chi connectivity index (χ1v) is 5.67. The minimum Gasteiger partial charge on any atom is -0.321 e. The lowest BCUT2D eigenvalue weighted by Gasteiger charge is -2.03. The Hall–Kier alpha value is -2.26. The summed E-state index contributed by atoms with van der Waals surface area (Å²) in [4.78, 5) is 11.6. The van der Waals surface area contributed by atoms with Crippen molar-refractivity contribution in [3.63, 3.8) is 0 Å². The standard InChI is InChI=1S/C11H8N4OS/c12-6-5-8-1-3-9(4-2-8)13-11(16)10-7-17-15-14-10/h1-4,7H,5H2,(H,13,16). The molecule has 0 saturated carbocycles. The Morgan fingerprint density at radius 1 is 1.41 bits per heavy atom. The third kappa shape index (κ3) is 2.86. The van der Waals surface area contributed by atoms with Crippen LogP contribution >= 0.6 is 11.5 Å². The molecule has 0 unspecified atom stereocenters. The van der Waals surface area contributed by atoms with E-state index in [1.165, 1.54) is 0 Å². The van der Waals surface area contributed by atoms with Gasteiger partial charge < -0.3 is 5.32 Å². The second-order valence-corrected chi connectivity index (χ2v) is 3.89. The Bertz CT molecular complexity index is 542. The highest BCUT2D eigenvalue weighted by Crippen LogP contribution is 2.11. The number of amides is 1. The molecule has 2 rings (SSSR count). The maximum atomic E-state index is 11.6. The zero-order chi connectivity index (χ0) is 12.1. The summed E-state index contributed by atoms with van der Waals surface area (Å²) in [6, 6.07) is 9.18. The van der Waals surface area contributed by atoms with Gasteiger partial charge in [-0.2, -0.15) is 5.26 Å². The molecule has 1 amide bonds. The van der Waals surface area contributed by atoms with Gasteiger partial charge in [0.05, 0.1) is 12.5 Å². The number of aromatic nitrogens is 2. The summed E-state index contributed by atoms with van der Waals surface area (Å²) in [6.45, 7) is 0. The SMILES string of the molecule is N#CCc1ccc(NC(=O)c2csnn2)cc1. The lowest BCUT2D eigenvalue weighted by Crippen LogP contribution is -2.12. The summed E-state index contributed by atoms with van der Waals surface area (Å²) >= 11 is 1.13. The Morgan fingerprint density at radius 2 is 2.18 bits per heavy atom. The monoisotopic (exact) mass is 244 g/mol. The number of benzene rings is 1. The van der Waals surface area contributed by atoms with Crippen LogP contribution in [0.25, 0.3) is 0 Å². The number of carbonyl (C=O) groups excluding carboxylic acids is 1. The summed E-state index contributed by atoms with van der Waals surface area (Å²) < 4.78 is 3.62. The molecule has 5 nitrogen and oxygen atoms in total. The lowest BCUT2D eigenvalue weighted by atomic mass is 10.1. The zero-order valence-electron chi connectivity index (χ0n) is 8.75.